The zero-order chi connectivity index (χ0) is 13.0. The molecular formula is C13H19N3OS. The summed E-state index contributed by atoms with van der Waals surface area (Å²) < 4.78 is 5.74. The monoisotopic (exact) mass is 265 g/mol. The fourth-order valence-corrected chi connectivity index (χ4v) is 2.30. The molecule has 1 fully saturated rings. The van der Waals surface area contributed by atoms with Crippen molar-refractivity contribution in [3.8, 4) is 5.88 Å². The van der Waals surface area contributed by atoms with E-state index >= 15 is 0 Å². The fraction of sp³-hybridized carbons (Fsp3) is 0.538. The van der Waals surface area contributed by atoms with Crippen molar-refractivity contribution >= 4 is 17.2 Å². The summed E-state index contributed by atoms with van der Waals surface area (Å²) in [6.45, 7) is 1.82. The topological polar surface area (TPSA) is 51.4 Å². The first-order chi connectivity index (χ1) is 8.66. The van der Waals surface area contributed by atoms with Gasteiger partial charge in [-0.05, 0) is 32.5 Å². The molecule has 0 aromatic carbocycles. The first kappa shape index (κ1) is 13.2. The van der Waals surface area contributed by atoms with E-state index in [1.165, 1.54) is 19.3 Å². The van der Waals surface area contributed by atoms with Crippen molar-refractivity contribution in [2.45, 2.75) is 25.3 Å². The molecule has 2 N–H and O–H groups in total. The van der Waals surface area contributed by atoms with Gasteiger partial charge in [0.2, 0.25) is 5.88 Å². The van der Waals surface area contributed by atoms with E-state index in [0.717, 1.165) is 12.1 Å². The molecule has 1 aliphatic rings. The molecule has 0 radical (unpaired) electrons. The van der Waals surface area contributed by atoms with Gasteiger partial charge in [0.05, 0.1) is 0 Å². The minimum atomic E-state index is 0.372. The highest BCUT2D eigenvalue weighted by Gasteiger charge is 2.19. The molecule has 0 aliphatic carbocycles. The van der Waals surface area contributed by atoms with Crippen LogP contribution in [0.5, 0.6) is 5.88 Å². The predicted octanol–water partition coefficient (Wildman–Crippen LogP) is 1.58. The summed E-state index contributed by atoms with van der Waals surface area (Å²) in [5.74, 6) is 0.597. The Kier molecular flexibility index (Phi) is 4.49. The summed E-state index contributed by atoms with van der Waals surface area (Å²) in [7, 11) is 2.14. The Hall–Kier alpha value is -1.20. The van der Waals surface area contributed by atoms with E-state index in [1.54, 1.807) is 18.3 Å². The summed E-state index contributed by atoms with van der Waals surface area (Å²) in [5, 5.41) is 0. The van der Waals surface area contributed by atoms with E-state index in [-0.39, 0.29) is 0 Å². The van der Waals surface area contributed by atoms with Crippen molar-refractivity contribution in [2.75, 3.05) is 20.2 Å². The normalized spacial score (nSPS) is 20.6. The van der Waals surface area contributed by atoms with Crippen molar-refractivity contribution in [1.29, 1.82) is 0 Å². The summed E-state index contributed by atoms with van der Waals surface area (Å²) in [6.07, 6.45) is 5.42. The molecule has 18 heavy (non-hydrogen) atoms. The second kappa shape index (κ2) is 6.11. The van der Waals surface area contributed by atoms with Gasteiger partial charge in [-0.3, -0.25) is 0 Å². The van der Waals surface area contributed by atoms with Crippen molar-refractivity contribution in [3.05, 3.63) is 23.9 Å². The Morgan fingerprint density at radius 1 is 1.61 bits per heavy atom. The number of pyridine rings is 1. The van der Waals surface area contributed by atoms with Crippen molar-refractivity contribution in [1.82, 2.24) is 9.88 Å². The number of hydrogen-bond acceptors (Lipinski definition) is 4. The van der Waals surface area contributed by atoms with E-state index in [4.69, 9.17) is 22.7 Å². The number of ether oxygens (including phenoxy) is 1. The number of thiocarbonyl (C=S) groups is 1. The molecule has 2 rings (SSSR count). The van der Waals surface area contributed by atoms with Gasteiger partial charge >= 0.3 is 0 Å². The van der Waals surface area contributed by atoms with Crippen LogP contribution in [0.15, 0.2) is 18.3 Å². The molecule has 0 spiro atoms. The summed E-state index contributed by atoms with van der Waals surface area (Å²) in [6, 6.07) is 4.07. The standard InChI is InChI=1S/C13H19N3OS/c1-16-7-3-2-4-11(16)9-17-12-8-10(13(14)18)5-6-15-12/h5-6,8,11H,2-4,7,9H2,1H3,(H2,14,18). The van der Waals surface area contributed by atoms with Crippen LogP contribution in [-0.2, 0) is 0 Å². The molecule has 2 heterocycles. The molecule has 4 nitrogen and oxygen atoms in total. The third-order valence-corrected chi connectivity index (χ3v) is 3.60. The van der Waals surface area contributed by atoms with Crippen LogP contribution in [0.3, 0.4) is 0 Å². The van der Waals surface area contributed by atoms with Gasteiger partial charge in [-0.25, -0.2) is 4.98 Å². The number of nitrogens with two attached hydrogens (primary N) is 1. The molecule has 1 aromatic rings. The maximum absolute atomic E-state index is 5.74. The molecule has 1 saturated heterocycles. The molecular weight excluding hydrogens is 246 g/mol. The molecule has 98 valence electrons. The maximum atomic E-state index is 5.74. The Labute approximate surface area is 113 Å². The number of aromatic nitrogens is 1. The lowest BCUT2D eigenvalue weighted by molar-refractivity contribution is 0.122. The highest BCUT2D eigenvalue weighted by molar-refractivity contribution is 7.80. The number of likely N-dealkylation sites (N-methyl/N-ethyl adjacent to an activating group) is 1. The zero-order valence-corrected chi connectivity index (χ0v) is 11.4. The van der Waals surface area contributed by atoms with Crippen LogP contribution in [0.4, 0.5) is 0 Å². The summed E-state index contributed by atoms with van der Waals surface area (Å²) >= 11 is 4.94. The van der Waals surface area contributed by atoms with Gasteiger partial charge in [0, 0.05) is 23.9 Å². The van der Waals surface area contributed by atoms with E-state index in [0.29, 0.717) is 23.5 Å². The van der Waals surface area contributed by atoms with E-state index < -0.39 is 0 Å². The first-order valence-corrected chi connectivity index (χ1v) is 6.66. The van der Waals surface area contributed by atoms with Crippen LogP contribution in [0, 0.1) is 0 Å². The lowest BCUT2D eigenvalue weighted by Crippen LogP contribution is -2.40. The number of nitrogens with zero attached hydrogens (tertiary/aromatic N) is 2. The predicted molar refractivity (Wildman–Crippen MR) is 75.9 cm³/mol. The van der Waals surface area contributed by atoms with Gasteiger partial charge in [-0.15, -0.1) is 0 Å². The minimum Gasteiger partial charge on any atom is -0.476 e. The lowest BCUT2D eigenvalue weighted by Gasteiger charge is -2.31. The second-order valence-corrected chi connectivity index (χ2v) is 5.13. The van der Waals surface area contributed by atoms with Crippen LogP contribution in [-0.4, -0.2) is 41.1 Å². The Morgan fingerprint density at radius 2 is 2.44 bits per heavy atom. The smallest absolute Gasteiger partial charge is 0.213 e. The fourth-order valence-electron chi connectivity index (χ4n) is 2.18. The zero-order valence-electron chi connectivity index (χ0n) is 10.6. The van der Waals surface area contributed by atoms with Crippen LogP contribution < -0.4 is 10.5 Å². The number of likely N-dealkylation sites (tertiary alicyclic amines) is 1. The molecule has 0 amide bonds. The Morgan fingerprint density at radius 3 is 3.17 bits per heavy atom. The minimum absolute atomic E-state index is 0.372. The van der Waals surface area contributed by atoms with Gasteiger partial charge in [0.15, 0.2) is 0 Å². The number of hydrogen-bond donors (Lipinski definition) is 1. The quantitative estimate of drug-likeness (QED) is 0.838. The van der Waals surface area contributed by atoms with Gasteiger partial charge in [-0.1, -0.05) is 18.6 Å². The van der Waals surface area contributed by atoms with E-state index in [9.17, 15) is 0 Å². The second-order valence-electron chi connectivity index (χ2n) is 4.69. The number of piperidine rings is 1. The van der Waals surface area contributed by atoms with Gasteiger partial charge in [-0.2, -0.15) is 0 Å². The third-order valence-electron chi connectivity index (χ3n) is 3.36. The largest absolute Gasteiger partial charge is 0.476 e. The highest BCUT2D eigenvalue weighted by atomic mass is 32.1. The maximum Gasteiger partial charge on any atom is 0.213 e. The molecule has 1 atom stereocenters. The van der Waals surface area contributed by atoms with E-state index in [2.05, 4.69) is 16.9 Å². The van der Waals surface area contributed by atoms with Crippen molar-refractivity contribution in [3.63, 3.8) is 0 Å². The molecule has 1 aromatic heterocycles. The molecule has 5 heteroatoms. The Balaban J connectivity index is 1.93. The SMILES string of the molecule is CN1CCCCC1COc1cc(C(N)=S)ccn1. The molecule has 1 aliphatic heterocycles. The molecule has 0 bridgehead atoms. The van der Waals surface area contributed by atoms with Crippen molar-refractivity contribution < 1.29 is 4.74 Å². The van der Waals surface area contributed by atoms with Crippen LogP contribution in [0.25, 0.3) is 0 Å². The average Bonchev–Trinajstić information content (AvgIpc) is 2.38. The van der Waals surface area contributed by atoms with Crippen LogP contribution >= 0.6 is 12.2 Å². The molecule has 1 unspecified atom stereocenters. The first-order valence-electron chi connectivity index (χ1n) is 6.25. The number of rotatable bonds is 4. The van der Waals surface area contributed by atoms with Gasteiger partial charge in [0.25, 0.3) is 0 Å². The summed E-state index contributed by atoms with van der Waals surface area (Å²) in [4.78, 5) is 6.90. The van der Waals surface area contributed by atoms with Crippen LogP contribution in [0.2, 0.25) is 0 Å². The van der Waals surface area contributed by atoms with Crippen LogP contribution in [0.1, 0.15) is 24.8 Å². The van der Waals surface area contributed by atoms with Crippen molar-refractivity contribution in [2.24, 2.45) is 5.73 Å². The lowest BCUT2D eigenvalue weighted by atomic mass is 10.0. The average molecular weight is 265 g/mol. The summed E-state index contributed by atoms with van der Waals surface area (Å²) in [5.41, 5.74) is 6.38. The third kappa shape index (κ3) is 3.40. The van der Waals surface area contributed by atoms with Gasteiger partial charge in [0.1, 0.15) is 11.6 Å². The Bertz CT molecular complexity index is 424. The molecule has 0 saturated carbocycles. The van der Waals surface area contributed by atoms with Gasteiger partial charge < -0.3 is 15.4 Å². The van der Waals surface area contributed by atoms with E-state index in [1.807, 2.05) is 0 Å². The highest BCUT2D eigenvalue weighted by Crippen LogP contribution is 2.17.